The molecule has 1 amide bonds. The molecule has 0 bridgehead atoms. The molecule has 8 nitrogen and oxygen atoms in total. The number of benzene rings is 3. The lowest BCUT2D eigenvalue weighted by Gasteiger charge is -2.25. The van der Waals surface area contributed by atoms with Gasteiger partial charge in [-0.15, -0.1) is 0 Å². The number of hydrogen-bond donors (Lipinski definition) is 4. The Morgan fingerprint density at radius 3 is 2.26 bits per heavy atom. The highest BCUT2D eigenvalue weighted by Crippen LogP contribution is 2.38. The Balaban J connectivity index is 1.71. The topological polar surface area (TPSA) is 122 Å². The number of alkyl halides is 3. The largest absolute Gasteiger partial charge is 0.710 e. The molecular weight excluding hydrogens is 515 g/mol. The number of anilines is 1. The number of aromatic amines is 1. The van der Waals surface area contributed by atoms with E-state index in [-0.39, 0.29) is 22.9 Å². The first-order chi connectivity index (χ1) is 18.3. The van der Waals surface area contributed by atoms with Gasteiger partial charge in [-0.1, -0.05) is 30.3 Å². The maximum atomic E-state index is 13.3. The maximum Gasteiger partial charge on any atom is 0.447 e. The SMILES string of the molecule is COc1ccc(-c2[nH]c(C)c(C(=O)Nc3cccc(C(O)(O)C(F)(F)F)c3)[n+]2[O-])cc1-c1c(C)cccc1C. The summed E-state index contributed by atoms with van der Waals surface area (Å²) in [7, 11) is 1.54. The first-order valence-electron chi connectivity index (χ1n) is 11.8. The minimum Gasteiger partial charge on any atom is -0.710 e. The Morgan fingerprint density at radius 2 is 1.64 bits per heavy atom. The van der Waals surface area contributed by atoms with Gasteiger partial charge in [0.15, 0.2) is 5.69 Å². The molecule has 0 fully saturated rings. The van der Waals surface area contributed by atoms with Gasteiger partial charge in [0.25, 0.3) is 17.5 Å². The second-order valence-corrected chi connectivity index (χ2v) is 9.13. The van der Waals surface area contributed by atoms with Gasteiger partial charge in [-0.2, -0.15) is 13.2 Å². The van der Waals surface area contributed by atoms with Gasteiger partial charge in [-0.25, -0.2) is 9.71 Å². The van der Waals surface area contributed by atoms with Gasteiger partial charge in [-0.05, 0) is 60.9 Å². The summed E-state index contributed by atoms with van der Waals surface area (Å²) < 4.78 is 45.1. The van der Waals surface area contributed by atoms with Crippen LogP contribution in [-0.4, -0.2) is 34.4 Å². The van der Waals surface area contributed by atoms with Crippen LogP contribution in [0.4, 0.5) is 18.9 Å². The number of aliphatic hydroxyl groups is 2. The van der Waals surface area contributed by atoms with E-state index in [9.17, 15) is 33.4 Å². The summed E-state index contributed by atoms with van der Waals surface area (Å²) in [5.74, 6) is -4.36. The zero-order valence-corrected chi connectivity index (χ0v) is 21.5. The predicted octanol–water partition coefficient (Wildman–Crippen LogP) is 4.87. The van der Waals surface area contributed by atoms with Crippen molar-refractivity contribution < 1.29 is 37.6 Å². The first-order valence-corrected chi connectivity index (χ1v) is 11.8. The average molecular weight is 542 g/mol. The Morgan fingerprint density at radius 1 is 1.00 bits per heavy atom. The molecule has 4 N–H and O–H groups in total. The van der Waals surface area contributed by atoms with E-state index >= 15 is 0 Å². The number of aryl methyl sites for hydroxylation is 3. The Labute approximate surface area is 221 Å². The maximum absolute atomic E-state index is 13.3. The van der Waals surface area contributed by atoms with Crippen LogP contribution in [0.15, 0.2) is 60.7 Å². The molecular formula is C28H26F3N3O5. The van der Waals surface area contributed by atoms with E-state index in [0.717, 1.165) is 40.5 Å². The second-order valence-electron chi connectivity index (χ2n) is 9.13. The molecule has 0 spiro atoms. The van der Waals surface area contributed by atoms with Gasteiger partial charge < -0.3 is 25.5 Å². The van der Waals surface area contributed by atoms with Crippen molar-refractivity contribution in [3.8, 4) is 28.3 Å². The van der Waals surface area contributed by atoms with Crippen molar-refractivity contribution in [2.45, 2.75) is 32.7 Å². The lowest BCUT2D eigenvalue weighted by Crippen LogP contribution is -2.42. The molecule has 0 radical (unpaired) electrons. The molecule has 0 aliphatic rings. The summed E-state index contributed by atoms with van der Waals surface area (Å²) in [6, 6.07) is 15.0. The van der Waals surface area contributed by atoms with E-state index in [1.165, 1.54) is 13.0 Å². The predicted molar refractivity (Wildman–Crippen MR) is 138 cm³/mol. The van der Waals surface area contributed by atoms with Crippen LogP contribution in [0.1, 0.15) is 32.9 Å². The van der Waals surface area contributed by atoms with Crippen LogP contribution in [-0.2, 0) is 5.79 Å². The minimum atomic E-state index is -5.37. The molecule has 0 saturated carbocycles. The molecule has 4 rings (SSSR count). The van der Waals surface area contributed by atoms with Crippen LogP contribution >= 0.6 is 0 Å². The number of ether oxygens (including phenoxy) is 1. The third-order valence-corrected chi connectivity index (χ3v) is 6.42. The molecule has 204 valence electrons. The molecule has 1 heterocycles. The molecule has 0 unspecified atom stereocenters. The summed E-state index contributed by atoms with van der Waals surface area (Å²) in [5, 5.41) is 34.7. The number of nitrogens with one attached hydrogen (secondary N) is 2. The van der Waals surface area contributed by atoms with Crippen molar-refractivity contribution in [1.82, 2.24) is 4.98 Å². The highest BCUT2D eigenvalue weighted by Gasteiger charge is 2.54. The number of halogens is 3. The zero-order valence-electron chi connectivity index (χ0n) is 21.5. The second kappa shape index (κ2) is 10.1. The van der Waals surface area contributed by atoms with E-state index in [4.69, 9.17) is 4.74 Å². The minimum absolute atomic E-state index is 0.0725. The number of aromatic nitrogens is 2. The van der Waals surface area contributed by atoms with Crippen molar-refractivity contribution >= 4 is 11.6 Å². The van der Waals surface area contributed by atoms with Crippen LogP contribution in [0, 0.1) is 26.0 Å². The third-order valence-electron chi connectivity index (χ3n) is 6.42. The number of amides is 1. The van der Waals surface area contributed by atoms with Crippen molar-refractivity contribution in [1.29, 1.82) is 0 Å². The van der Waals surface area contributed by atoms with E-state index < -0.39 is 23.4 Å². The van der Waals surface area contributed by atoms with Crippen LogP contribution in [0.3, 0.4) is 0 Å². The van der Waals surface area contributed by atoms with Crippen molar-refractivity contribution in [2.24, 2.45) is 0 Å². The number of H-pyrrole nitrogens is 1. The molecule has 3 aromatic carbocycles. The fourth-order valence-electron chi connectivity index (χ4n) is 4.46. The number of rotatable bonds is 6. The number of hydrogen-bond acceptors (Lipinski definition) is 5. The van der Waals surface area contributed by atoms with Gasteiger partial charge in [0.2, 0.25) is 5.69 Å². The molecule has 1 aromatic heterocycles. The molecule has 0 aliphatic carbocycles. The summed E-state index contributed by atoms with van der Waals surface area (Å²) >= 11 is 0. The molecule has 4 aromatic rings. The Kier molecular flexibility index (Phi) is 7.15. The summed E-state index contributed by atoms with van der Waals surface area (Å²) in [6.07, 6.45) is -5.37. The highest BCUT2D eigenvalue weighted by molar-refractivity contribution is 6.02. The third kappa shape index (κ3) is 5.06. The van der Waals surface area contributed by atoms with Crippen molar-refractivity contribution in [3.05, 3.63) is 93.9 Å². The van der Waals surface area contributed by atoms with Crippen LogP contribution in [0.5, 0.6) is 5.75 Å². The van der Waals surface area contributed by atoms with Gasteiger partial charge in [0.05, 0.1) is 12.7 Å². The highest BCUT2D eigenvalue weighted by atomic mass is 19.4. The zero-order chi connectivity index (χ0) is 28.7. The summed E-state index contributed by atoms with van der Waals surface area (Å²) in [4.78, 5) is 15.9. The fraction of sp³-hybridized carbons (Fsp3) is 0.214. The molecule has 0 aliphatic heterocycles. The number of carbonyl (C=O) groups is 1. The Bertz CT molecular complexity index is 1540. The monoisotopic (exact) mass is 541 g/mol. The van der Waals surface area contributed by atoms with Crippen LogP contribution in [0.25, 0.3) is 22.5 Å². The molecule has 11 heteroatoms. The van der Waals surface area contributed by atoms with Crippen LogP contribution < -0.4 is 14.8 Å². The number of nitrogens with zero attached hydrogens (tertiary/aromatic N) is 1. The van der Waals surface area contributed by atoms with Gasteiger partial charge in [0.1, 0.15) is 5.75 Å². The van der Waals surface area contributed by atoms with E-state index in [0.29, 0.717) is 16.0 Å². The van der Waals surface area contributed by atoms with Crippen molar-refractivity contribution in [3.63, 3.8) is 0 Å². The lowest BCUT2D eigenvalue weighted by molar-refractivity contribution is -0.594. The quantitative estimate of drug-likeness (QED) is 0.158. The molecule has 39 heavy (non-hydrogen) atoms. The average Bonchev–Trinajstić information content (AvgIpc) is 3.17. The first kappa shape index (κ1) is 27.7. The fourth-order valence-corrected chi connectivity index (χ4v) is 4.46. The van der Waals surface area contributed by atoms with E-state index in [2.05, 4.69) is 10.3 Å². The van der Waals surface area contributed by atoms with E-state index in [1.54, 1.807) is 25.3 Å². The molecule has 0 saturated heterocycles. The van der Waals surface area contributed by atoms with Gasteiger partial charge in [-0.3, -0.25) is 4.79 Å². The normalized spacial score (nSPS) is 11.9. The molecule has 0 atom stereocenters. The lowest BCUT2D eigenvalue weighted by atomic mass is 9.93. The van der Waals surface area contributed by atoms with Gasteiger partial charge in [0, 0.05) is 23.7 Å². The van der Waals surface area contributed by atoms with Crippen LogP contribution in [0.2, 0.25) is 0 Å². The number of carbonyl (C=O) groups excluding carboxylic acids is 1. The van der Waals surface area contributed by atoms with E-state index in [1.807, 2.05) is 32.0 Å². The summed E-state index contributed by atoms with van der Waals surface area (Å²) in [6.45, 7) is 5.44. The van der Waals surface area contributed by atoms with Gasteiger partial charge >= 0.3 is 6.18 Å². The number of imidazole rings is 1. The number of methoxy groups -OCH3 is 1. The summed E-state index contributed by atoms with van der Waals surface area (Å²) in [5.41, 5.74) is 3.02. The smallest absolute Gasteiger partial charge is 0.447 e. The standard InChI is InChI=1S/C28H26F3N3O5/c1-15-7-5-8-16(2)23(15)21-13-18(11-12-22(21)39-4)25-32-17(3)24(34(25)38)26(35)33-20-10-6-9-19(14-20)27(36,37)28(29,30)31/h5-14,32,36-37H,1-4H3,(H,33,35). The van der Waals surface area contributed by atoms with Crippen molar-refractivity contribution in [2.75, 3.05) is 12.4 Å². The Hall–Kier alpha value is -4.35.